The zero-order valence-corrected chi connectivity index (χ0v) is 9.49. The molecule has 0 saturated heterocycles. The number of nitrogen functional groups attached to an aromatic ring is 1. The van der Waals surface area contributed by atoms with Crippen molar-refractivity contribution < 1.29 is 0 Å². The van der Waals surface area contributed by atoms with E-state index in [4.69, 9.17) is 17.3 Å². The van der Waals surface area contributed by atoms with Gasteiger partial charge in [-0.2, -0.15) is 4.98 Å². The molecule has 0 atom stereocenters. The molecule has 0 saturated carbocycles. The third kappa shape index (κ3) is 2.41. The SMILES string of the molecule is Cc1ccc(Nc2ccnc(N)n2)cc1Cl. The molecule has 0 spiro atoms. The number of anilines is 3. The van der Waals surface area contributed by atoms with Crippen LogP contribution in [-0.4, -0.2) is 9.97 Å². The zero-order chi connectivity index (χ0) is 11.5. The second kappa shape index (κ2) is 4.37. The van der Waals surface area contributed by atoms with Gasteiger partial charge in [-0.05, 0) is 30.7 Å². The summed E-state index contributed by atoms with van der Waals surface area (Å²) in [4.78, 5) is 7.85. The number of halogens is 1. The molecule has 0 unspecified atom stereocenters. The fraction of sp³-hybridized carbons (Fsp3) is 0.0909. The summed E-state index contributed by atoms with van der Waals surface area (Å²) >= 11 is 6.01. The Kier molecular flexibility index (Phi) is 2.92. The quantitative estimate of drug-likeness (QED) is 0.839. The van der Waals surface area contributed by atoms with Gasteiger partial charge >= 0.3 is 0 Å². The molecule has 1 heterocycles. The van der Waals surface area contributed by atoms with Crippen LogP contribution in [0.15, 0.2) is 30.5 Å². The minimum atomic E-state index is 0.239. The summed E-state index contributed by atoms with van der Waals surface area (Å²) in [6.45, 7) is 1.95. The highest BCUT2D eigenvalue weighted by Crippen LogP contribution is 2.22. The van der Waals surface area contributed by atoms with Crippen LogP contribution in [0.2, 0.25) is 5.02 Å². The lowest BCUT2D eigenvalue weighted by Crippen LogP contribution is -1.98. The summed E-state index contributed by atoms with van der Waals surface area (Å²) in [6, 6.07) is 7.45. The summed E-state index contributed by atoms with van der Waals surface area (Å²) in [6.07, 6.45) is 1.60. The number of nitrogens with two attached hydrogens (primary N) is 1. The van der Waals surface area contributed by atoms with Crippen molar-refractivity contribution in [3.05, 3.63) is 41.0 Å². The fourth-order valence-electron chi connectivity index (χ4n) is 1.26. The highest BCUT2D eigenvalue weighted by Gasteiger charge is 2.00. The molecule has 0 radical (unpaired) electrons. The Labute approximate surface area is 98.5 Å². The molecule has 0 aliphatic heterocycles. The van der Waals surface area contributed by atoms with E-state index in [9.17, 15) is 0 Å². The van der Waals surface area contributed by atoms with E-state index in [1.54, 1.807) is 12.3 Å². The van der Waals surface area contributed by atoms with Gasteiger partial charge in [0.1, 0.15) is 5.82 Å². The molecule has 0 fully saturated rings. The highest BCUT2D eigenvalue weighted by molar-refractivity contribution is 6.31. The van der Waals surface area contributed by atoms with Gasteiger partial charge in [-0.15, -0.1) is 0 Å². The van der Waals surface area contributed by atoms with E-state index in [-0.39, 0.29) is 5.95 Å². The van der Waals surface area contributed by atoms with E-state index in [1.165, 1.54) is 0 Å². The summed E-state index contributed by atoms with van der Waals surface area (Å²) in [7, 11) is 0. The molecule has 2 aromatic rings. The lowest BCUT2D eigenvalue weighted by atomic mass is 10.2. The fourth-order valence-corrected chi connectivity index (χ4v) is 1.44. The number of benzene rings is 1. The van der Waals surface area contributed by atoms with Gasteiger partial charge in [0.25, 0.3) is 0 Å². The molecule has 4 nitrogen and oxygen atoms in total. The van der Waals surface area contributed by atoms with Gasteiger partial charge in [0, 0.05) is 16.9 Å². The Morgan fingerprint density at radius 1 is 1.31 bits per heavy atom. The van der Waals surface area contributed by atoms with E-state index in [0.717, 1.165) is 11.3 Å². The maximum absolute atomic E-state index is 6.01. The van der Waals surface area contributed by atoms with E-state index in [0.29, 0.717) is 10.8 Å². The van der Waals surface area contributed by atoms with Gasteiger partial charge in [0.2, 0.25) is 5.95 Å². The van der Waals surface area contributed by atoms with Crippen LogP contribution in [-0.2, 0) is 0 Å². The van der Waals surface area contributed by atoms with Gasteiger partial charge in [-0.3, -0.25) is 0 Å². The van der Waals surface area contributed by atoms with E-state index in [2.05, 4.69) is 15.3 Å². The normalized spacial score (nSPS) is 10.1. The van der Waals surface area contributed by atoms with Crippen LogP contribution in [0.5, 0.6) is 0 Å². The molecule has 1 aromatic carbocycles. The summed E-state index contributed by atoms with van der Waals surface area (Å²) in [5.74, 6) is 0.885. The Morgan fingerprint density at radius 3 is 2.81 bits per heavy atom. The van der Waals surface area contributed by atoms with Gasteiger partial charge in [-0.25, -0.2) is 4.98 Å². The Morgan fingerprint density at radius 2 is 2.12 bits per heavy atom. The van der Waals surface area contributed by atoms with E-state index in [1.807, 2.05) is 25.1 Å². The predicted molar refractivity (Wildman–Crippen MR) is 65.9 cm³/mol. The molecular formula is C11H11ClN4. The summed E-state index contributed by atoms with van der Waals surface area (Å²) in [5.41, 5.74) is 7.38. The number of nitrogens with one attached hydrogen (secondary N) is 1. The minimum absolute atomic E-state index is 0.239. The first kappa shape index (κ1) is 10.7. The van der Waals surface area contributed by atoms with Gasteiger partial charge in [0.15, 0.2) is 0 Å². The van der Waals surface area contributed by atoms with Crippen LogP contribution in [0, 0.1) is 6.92 Å². The molecule has 0 bridgehead atoms. The van der Waals surface area contributed by atoms with Crippen LogP contribution in [0.1, 0.15) is 5.56 Å². The molecule has 3 N–H and O–H groups in total. The van der Waals surface area contributed by atoms with Crippen molar-refractivity contribution in [3.63, 3.8) is 0 Å². The average molecular weight is 235 g/mol. The second-order valence-electron chi connectivity index (χ2n) is 3.39. The van der Waals surface area contributed by atoms with Crippen molar-refractivity contribution in [1.82, 2.24) is 9.97 Å². The topological polar surface area (TPSA) is 63.8 Å². The third-order valence-electron chi connectivity index (χ3n) is 2.12. The number of rotatable bonds is 2. The lowest BCUT2D eigenvalue weighted by Gasteiger charge is -2.07. The third-order valence-corrected chi connectivity index (χ3v) is 2.53. The first-order chi connectivity index (χ1) is 7.65. The van der Waals surface area contributed by atoms with Crippen molar-refractivity contribution in [2.24, 2.45) is 0 Å². The standard InChI is InChI=1S/C11H11ClN4/c1-7-2-3-8(6-9(7)12)15-10-4-5-14-11(13)16-10/h2-6H,1H3,(H3,13,14,15,16). The highest BCUT2D eigenvalue weighted by atomic mass is 35.5. The molecule has 0 aliphatic rings. The van der Waals surface area contributed by atoms with Crippen molar-refractivity contribution in [1.29, 1.82) is 0 Å². The summed E-state index contributed by atoms with van der Waals surface area (Å²) in [5, 5.41) is 3.81. The summed E-state index contributed by atoms with van der Waals surface area (Å²) < 4.78 is 0. The Balaban J connectivity index is 2.24. The van der Waals surface area contributed by atoms with E-state index < -0.39 is 0 Å². The van der Waals surface area contributed by atoms with Crippen LogP contribution >= 0.6 is 11.6 Å². The molecule has 2 rings (SSSR count). The van der Waals surface area contributed by atoms with Crippen molar-refractivity contribution in [3.8, 4) is 0 Å². The van der Waals surface area contributed by atoms with Gasteiger partial charge in [-0.1, -0.05) is 17.7 Å². The second-order valence-corrected chi connectivity index (χ2v) is 3.80. The molecule has 0 aliphatic carbocycles. The average Bonchev–Trinajstić information content (AvgIpc) is 2.24. The molecule has 16 heavy (non-hydrogen) atoms. The number of nitrogens with zero attached hydrogens (tertiary/aromatic N) is 2. The monoisotopic (exact) mass is 234 g/mol. The first-order valence-electron chi connectivity index (χ1n) is 4.77. The van der Waals surface area contributed by atoms with Crippen molar-refractivity contribution >= 4 is 29.1 Å². The largest absolute Gasteiger partial charge is 0.368 e. The Hall–Kier alpha value is -1.81. The number of aryl methyl sites for hydroxylation is 1. The van der Waals surface area contributed by atoms with E-state index >= 15 is 0 Å². The molecule has 82 valence electrons. The van der Waals surface area contributed by atoms with Crippen LogP contribution in [0.4, 0.5) is 17.5 Å². The van der Waals surface area contributed by atoms with Gasteiger partial charge in [0.05, 0.1) is 0 Å². The lowest BCUT2D eigenvalue weighted by molar-refractivity contribution is 1.18. The van der Waals surface area contributed by atoms with Gasteiger partial charge < -0.3 is 11.1 Å². The van der Waals surface area contributed by atoms with Crippen LogP contribution in [0.3, 0.4) is 0 Å². The minimum Gasteiger partial charge on any atom is -0.368 e. The van der Waals surface area contributed by atoms with Crippen LogP contribution in [0.25, 0.3) is 0 Å². The molecular weight excluding hydrogens is 224 g/mol. The number of hydrogen-bond donors (Lipinski definition) is 2. The molecule has 0 amide bonds. The number of hydrogen-bond acceptors (Lipinski definition) is 4. The van der Waals surface area contributed by atoms with Crippen molar-refractivity contribution in [2.45, 2.75) is 6.92 Å². The maximum atomic E-state index is 6.01. The first-order valence-corrected chi connectivity index (χ1v) is 5.14. The van der Waals surface area contributed by atoms with Crippen LogP contribution < -0.4 is 11.1 Å². The molecule has 5 heteroatoms. The predicted octanol–water partition coefficient (Wildman–Crippen LogP) is 2.76. The maximum Gasteiger partial charge on any atom is 0.221 e. The van der Waals surface area contributed by atoms with Crippen molar-refractivity contribution in [2.75, 3.05) is 11.1 Å². The number of aromatic nitrogens is 2. The Bertz CT molecular complexity index is 513. The molecule has 1 aromatic heterocycles. The zero-order valence-electron chi connectivity index (χ0n) is 8.74. The smallest absolute Gasteiger partial charge is 0.221 e.